The molecule has 1 saturated carbocycles. The maximum absolute atomic E-state index is 12.7. The third kappa shape index (κ3) is 5.27. The van der Waals surface area contributed by atoms with Crippen molar-refractivity contribution in [3.8, 4) is 17.0 Å². The van der Waals surface area contributed by atoms with E-state index in [1.165, 1.54) is 0 Å². The standard InChI is InChI=1S/C31H29N5O3/c1-3-39-30(37)27-18-25-24-6-4-5-7-26(24)35-29(25)28(36-27)19-8-10-20(11-9-19)32-31(33-21-12-13-21)34-22-14-16-23(38-2)17-15-22/h4-11,14-18,21,35H,3,12-13H2,1-2H3,(H2,32,33,34). The molecule has 0 amide bonds. The number of carbonyl (C=O) groups is 1. The Kier molecular flexibility index (Phi) is 6.59. The summed E-state index contributed by atoms with van der Waals surface area (Å²) in [5, 5.41) is 8.77. The van der Waals surface area contributed by atoms with Crippen LogP contribution < -0.4 is 15.4 Å². The average molecular weight is 520 g/mol. The Bertz CT molecular complexity index is 1670. The second-order valence-corrected chi connectivity index (χ2v) is 9.43. The molecule has 1 aliphatic carbocycles. The van der Waals surface area contributed by atoms with Crippen molar-refractivity contribution in [2.75, 3.05) is 24.4 Å². The van der Waals surface area contributed by atoms with E-state index in [2.05, 4.69) is 15.6 Å². The van der Waals surface area contributed by atoms with E-state index in [0.717, 1.165) is 57.3 Å². The maximum atomic E-state index is 12.7. The van der Waals surface area contributed by atoms with E-state index in [-0.39, 0.29) is 12.3 Å². The van der Waals surface area contributed by atoms with Crippen molar-refractivity contribution in [3.63, 3.8) is 0 Å². The Labute approximate surface area is 226 Å². The maximum Gasteiger partial charge on any atom is 0.356 e. The molecule has 3 aromatic carbocycles. The number of ether oxygens (including phenoxy) is 2. The fraction of sp³-hybridized carbons (Fsp3) is 0.194. The minimum absolute atomic E-state index is 0.286. The van der Waals surface area contributed by atoms with Gasteiger partial charge in [0, 0.05) is 33.2 Å². The number of hydrogen-bond donors (Lipinski definition) is 3. The summed E-state index contributed by atoms with van der Waals surface area (Å²) in [7, 11) is 1.65. The number of nitrogens with one attached hydrogen (secondary N) is 3. The summed E-state index contributed by atoms with van der Waals surface area (Å²) >= 11 is 0. The number of benzene rings is 3. The summed E-state index contributed by atoms with van der Waals surface area (Å²) in [4.78, 5) is 25.7. The van der Waals surface area contributed by atoms with E-state index in [0.29, 0.717) is 17.7 Å². The first-order valence-corrected chi connectivity index (χ1v) is 13.1. The molecule has 0 saturated heterocycles. The SMILES string of the molecule is CCOC(=O)c1cc2c([nH]c3ccccc32)c(-c2ccc(NC(=NC3CC3)Nc3ccc(OC)cc3)cc2)n1. The van der Waals surface area contributed by atoms with Gasteiger partial charge in [-0.15, -0.1) is 0 Å². The van der Waals surface area contributed by atoms with E-state index in [4.69, 9.17) is 19.5 Å². The quantitative estimate of drug-likeness (QED) is 0.127. The molecule has 2 aromatic heterocycles. The number of anilines is 2. The Morgan fingerprint density at radius 3 is 2.33 bits per heavy atom. The predicted molar refractivity (Wildman–Crippen MR) is 156 cm³/mol. The number of hydrogen-bond acceptors (Lipinski definition) is 5. The van der Waals surface area contributed by atoms with Crippen LogP contribution in [0.2, 0.25) is 0 Å². The lowest BCUT2D eigenvalue weighted by molar-refractivity contribution is 0.0520. The number of para-hydroxylation sites is 1. The van der Waals surface area contributed by atoms with Gasteiger partial charge in [0.1, 0.15) is 11.4 Å². The molecular formula is C31H29N5O3. The number of esters is 1. The molecule has 39 heavy (non-hydrogen) atoms. The van der Waals surface area contributed by atoms with Crippen LogP contribution >= 0.6 is 0 Å². The third-order valence-corrected chi connectivity index (χ3v) is 6.61. The van der Waals surface area contributed by atoms with Gasteiger partial charge in [-0.2, -0.15) is 0 Å². The second-order valence-electron chi connectivity index (χ2n) is 9.43. The molecule has 0 atom stereocenters. The third-order valence-electron chi connectivity index (χ3n) is 6.61. The van der Waals surface area contributed by atoms with Gasteiger partial charge in [-0.25, -0.2) is 14.8 Å². The number of carbonyl (C=O) groups excluding carboxylic acids is 1. The summed E-state index contributed by atoms with van der Waals surface area (Å²) in [5.41, 5.74) is 5.53. The van der Waals surface area contributed by atoms with Crippen LogP contribution in [0, 0.1) is 0 Å². The van der Waals surface area contributed by atoms with Gasteiger partial charge in [0.15, 0.2) is 0 Å². The van der Waals surface area contributed by atoms with E-state index in [1.807, 2.05) is 72.8 Å². The fourth-order valence-corrected chi connectivity index (χ4v) is 4.51. The zero-order chi connectivity index (χ0) is 26.8. The van der Waals surface area contributed by atoms with Crippen LogP contribution in [0.5, 0.6) is 5.75 Å². The summed E-state index contributed by atoms with van der Waals surface area (Å²) in [6, 6.07) is 25.9. The molecule has 0 aliphatic heterocycles. The molecule has 5 aromatic rings. The minimum atomic E-state index is -0.435. The molecule has 0 bridgehead atoms. The average Bonchev–Trinajstić information content (AvgIpc) is 3.70. The molecule has 196 valence electrons. The van der Waals surface area contributed by atoms with Gasteiger partial charge in [-0.1, -0.05) is 30.3 Å². The van der Waals surface area contributed by atoms with Crippen molar-refractivity contribution in [1.29, 1.82) is 0 Å². The highest BCUT2D eigenvalue weighted by molar-refractivity contribution is 6.13. The van der Waals surface area contributed by atoms with Crippen molar-refractivity contribution in [3.05, 3.63) is 84.6 Å². The number of aromatic nitrogens is 2. The summed E-state index contributed by atoms with van der Waals surface area (Å²) in [6.45, 7) is 2.08. The van der Waals surface area contributed by atoms with Crippen LogP contribution in [0.1, 0.15) is 30.3 Å². The normalized spacial score (nSPS) is 13.4. The number of pyridine rings is 1. The first kappa shape index (κ1) is 24.5. The molecule has 2 heterocycles. The topological polar surface area (TPSA) is 101 Å². The molecule has 8 heteroatoms. The van der Waals surface area contributed by atoms with Crippen LogP contribution in [-0.4, -0.2) is 41.7 Å². The van der Waals surface area contributed by atoms with Crippen molar-refractivity contribution in [1.82, 2.24) is 9.97 Å². The highest BCUT2D eigenvalue weighted by Gasteiger charge is 2.22. The number of fused-ring (bicyclic) bond motifs is 3. The molecular weight excluding hydrogens is 490 g/mol. The smallest absolute Gasteiger partial charge is 0.356 e. The largest absolute Gasteiger partial charge is 0.497 e. The van der Waals surface area contributed by atoms with Crippen LogP contribution in [0.3, 0.4) is 0 Å². The van der Waals surface area contributed by atoms with Gasteiger partial charge in [0.05, 0.1) is 31.0 Å². The number of H-pyrrole nitrogens is 1. The molecule has 8 nitrogen and oxygen atoms in total. The van der Waals surface area contributed by atoms with Gasteiger partial charge < -0.3 is 25.1 Å². The number of guanidine groups is 1. The van der Waals surface area contributed by atoms with Crippen LogP contribution in [0.4, 0.5) is 11.4 Å². The van der Waals surface area contributed by atoms with E-state index < -0.39 is 5.97 Å². The lowest BCUT2D eigenvalue weighted by atomic mass is 10.1. The lowest BCUT2D eigenvalue weighted by Crippen LogP contribution is -2.22. The zero-order valence-corrected chi connectivity index (χ0v) is 21.8. The fourth-order valence-electron chi connectivity index (χ4n) is 4.51. The molecule has 0 spiro atoms. The molecule has 0 unspecified atom stereocenters. The van der Waals surface area contributed by atoms with Gasteiger partial charge >= 0.3 is 5.97 Å². The number of aromatic amines is 1. The van der Waals surface area contributed by atoms with E-state index >= 15 is 0 Å². The predicted octanol–water partition coefficient (Wildman–Crippen LogP) is 6.61. The van der Waals surface area contributed by atoms with E-state index in [1.54, 1.807) is 20.1 Å². The van der Waals surface area contributed by atoms with Gasteiger partial charge in [-0.05, 0) is 68.3 Å². The van der Waals surface area contributed by atoms with Crippen molar-refractivity contribution < 1.29 is 14.3 Å². The number of aliphatic imine (C=N–C) groups is 1. The number of methoxy groups -OCH3 is 1. The zero-order valence-electron chi connectivity index (χ0n) is 21.8. The number of rotatable bonds is 7. The molecule has 6 rings (SSSR count). The molecule has 1 aliphatic rings. The van der Waals surface area contributed by atoms with Crippen molar-refractivity contribution >= 4 is 45.1 Å². The Morgan fingerprint density at radius 1 is 0.974 bits per heavy atom. The first-order chi connectivity index (χ1) is 19.1. The Morgan fingerprint density at radius 2 is 1.67 bits per heavy atom. The van der Waals surface area contributed by atoms with Crippen molar-refractivity contribution in [2.45, 2.75) is 25.8 Å². The number of nitrogens with zero attached hydrogens (tertiary/aromatic N) is 2. The van der Waals surface area contributed by atoms with Crippen LogP contribution in [0.25, 0.3) is 33.1 Å². The van der Waals surface area contributed by atoms with Crippen molar-refractivity contribution in [2.24, 2.45) is 4.99 Å². The van der Waals surface area contributed by atoms with Gasteiger partial charge in [0.25, 0.3) is 0 Å². The highest BCUT2D eigenvalue weighted by Crippen LogP contribution is 2.33. The van der Waals surface area contributed by atoms with Crippen LogP contribution in [-0.2, 0) is 4.74 Å². The second kappa shape index (κ2) is 10.5. The minimum Gasteiger partial charge on any atom is -0.497 e. The molecule has 0 radical (unpaired) electrons. The molecule has 1 fully saturated rings. The summed E-state index contributed by atoms with van der Waals surface area (Å²) in [6.07, 6.45) is 2.19. The Balaban J connectivity index is 1.32. The van der Waals surface area contributed by atoms with Gasteiger partial charge in [0.2, 0.25) is 5.96 Å². The molecule has 3 N–H and O–H groups in total. The summed E-state index contributed by atoms with van der Waals surface area (Å²) < 4.78 is 10.5. The van der Waals surface area contributed by atoms with Gasteiger partial charge in [-0.3, -0.25) is 0 Å². The Hall–Kier alpha value is -4.85. The first-order valence-electron chi connectivity index (χ1n) is 13.1. The summed E-state index contributed by atoms with van der Waals surface area (Å²) in [5.74, 6) is 1.06. The highest BCUT2D eigenvalue weighted by atomic mass is 16.5. The van der Waals surface area contributed by atoms with Crippen LogP contribution in [0.15, 0.2) is 83.9 Å². The lowest BCUT2D eigenvalue weighted by Gasteiger charge is -2.14. The van der Waals surface area contributed by atoms with E-state index in [9.17, 15) is 4.79 Å². The monoisotopic (exact) mass is 519 g/mol.